The van der Waals surface area contributed by atoms with Gasteiger partial charge in [0.1, 0.15) is 41.8 Å². The molecule has 4 aromatic rings. The van der Waals surface area contributed by atoms with E-state index in [1.54, 1.807) is 70.7 Å². The van der Waals surface area contributed by atoms with Crippen molar-refractivity contribution in [1.82, 2.24) is 30.3 Å². The molecule has 3 aromatic carbocycles. The Morgan fingerprint density at radius 1 is 0.955 bits per heavy atom. The number of methoxy groups -OCH3 is 2. The summed E-state index contributed by atoms with van der Waals surface area (Å²) >= 11 is 0. The van der Waals surface area contributed by atoms with Gasteiger partial charge in [-0.25, -0.2) is 0 Å². The van der Waals surface area contributed by atoms with Crippen molar-refractivity contribution in [2.45, 2.75) is 18.7 Å². The van der Waals surface area contributed by atoms with Gasteiger partial charge in [0.2, 0.25) is 0 Å². The van der Waals surface area contributed by atoms with Gasteiger partial charge in [-0.05, 0) is 42.5 Å². The summed E-state index contributed by atoms with van der Waals surface area (Å²) in [6, 6.07) is 16.6. The molecule has 4 bridgehead atoms. The molecule has 3 aliphatic heterocycles. The molecule has 0 aliphatic carbocycles. The van der Waals surface area contributed by atoms with E-state index in [4.69, 9.17) is 18.9 Å². The minimum Gasteiger partial charge on any atom is -0.497 e. The first kappa shape index (κ1) is 28.5. The van der Waals surface area contributed by atoms with Crippen LogP contribution in [0.3, 0.4) is 0 Å². The van der Waals surface area contributed by atoms with E-state index in [1.807, 2.05) is 6.07 Å². The topological polar surface area (TPSA) is 146 Å². The highest BCUT2D eigenvalue weighted by molar-refractivity contribution is 5.96. The Labute approximate surface area is 252 Å². The lowest BCUT2D eigenvalue weighted by atomic mass is 10.1. The highest BCUT2D eigenvalue weighted by atomic mass is 16.5. The number of rotatable bonds is 4. The number of likely N-dealkylation sites (tertiary alicyclic amines) is 1. The second-order valence-electron chi connectivity index (χ2n) is 10.3. The van der Waals surface area contributed by atoms with Crippen LogP contribution in [0.2, 0.25) is 0 Å². The van der Waals surface area contributed by atoms with Crippen LogP contribution in [-0.2, 0) is 11.3 Å². The number of ether oxygens (including phenoxy) is 4. The number of amides is 3. The number of fused-ring (bicyclic) bond motifs is 7. The summed E-state index contributed by atoms with van der Waals surface area (Å²) in [6.45, 7) is 0.357. The molecule has 13 nitrogen and oxygen atoms in total. The van der Waals surface area contributed by atoms with Crippen molar-refractivity contribution in [3.05, 3.63) is 90.0 Å². The Bertz CT molecular complexity index is 1690. The van der Waals surface area contributed by atoms with Crippen molar-refractivity contribution < 1.29 is 33.3 Å². The van der Waals surface area contributed by atoms with Gasteiger partial charge in [0.25, 0.3) is 17.7 Å². The maximum Gasteiger partial charge on any atom is 0.258 e. The maximum atomic E-state index is 13.7. The second-order valence-corrected chi connectivity index (χ2v) is 10.3. The van der Waals surface area contributed by atoms with Gasteiger partial charge in [0, 0.05) is 47.6 Å². The molecular formula is C31H30N6O7. The molecule has 1 saturated heterocycles. The maximum absolute atomic E-state index is 13.7. The van der Waals surface area contributed by atoms with Crippen LogP contribution in [0.1, 0.15) is 26.3 Å². The van der Waals surface area contributed by atoms with Crippen molar-refractivity contribution in [1.29, 1.82) is 0 Å². The van der Waals surface area contributed by atoms with Gasteiger partial charge in [-0.3, -0.25) is 19.0 Å². The third kappa shape index (κ3) is 6.11. The quantitative estimate of drug-likeness (QED) is 0.360. The monoisotopic (exact) mass is 598 g/mol. The fraction of sp³-hybridized carbons (Fsp3) is 0.258. The van der Waals surface area contributed by atoms with Gasteiger partial charge in [-0.1, -0.05) is 6.07 Å². The average molecular weight is 599 g/mol. The summed E-state index contributed by atoms with van der Waals surface area (Å²) in [4.78, 5) is 41.4. The fourth-order valence-corrected chi connectivity index (χ4v) is 5.18. The van der Waals surface area contributed by atoms with Gasteiger partial charge < -0.3 is 34.5 Å². The van der Waals surface area contributed by atoms with E-state index in [2.05, 4.69) is 20.8 Å². The Hall–Kier alpha value is -5.59. The first-order chi connectivity index (χ1) is 21.4. The molecule has 13 heteroatoms. The summed E-state index contributed by atoms with van der Waals surface area (Å²) in [5, 5.41) is 13.5. The predicted molar refractivity (Wildman–Crippen MR) is 156 cm³/mol. The third-order valence-corrected chi connectivity index (χ3v) is 7.45. The van der Waals surface area contributed by atoms with Crippen molar-refractivity contribution in [2.75, 3.05) is 33.9 Å². The zero-order valence-corrected chi connectivity index (χ0v) is 24.1. The molecule has 7 rings (SSSR count). The van der Waals surface area contributed by atoms with Crippen LogP contribution in [0.5, 0.6) is 23.0 Å². The van der Waals surface area contributed by atoms with E-state index >= 15 is 0 Å². The lowest BCUT2D eigenvalue weighted by Gasteiger charge is -2.22. The smallest absolute Gasteiger partial charge is 0.258 e. The average Bonchev–Trinajstić information content (AvgIpc) is 3.73. The van der Waals surface area contributed by atoms with Gasteiger partial charge >= 0.3 is 0 Å². The van der Waals surface area contributed by atoms with Gasteiger partial charge in [-0.2, -0.15) is 0 Å². The van der Waals surface area contributed by atoms with E-state index in [1.165, 1.54) is 20.3 Å². The molecule has 1 aromatic heterocycles. The SMILES string of the molecule is COc1cc2cc(c1)C(=O)N[C@H]1CN(C(=O)c3cccc(-n4cnnc4)c3)C[C@@H]1Oc1ccc(c(OC)c1)CNC(=O)CO2. The summed E-state index contributed by atoms with van der Waals surface area (Å²) in [5.41, 5.74) is 2.21. The molecule has 0 saturated carbocycles. The van der Waals surface area contributed by atoms with E-state index in [9.17, 15) is 14.4 Å². The van der Waals surface area contributed by atoms with Crippen LogP contribution in [0.25, 0.3) is 5.69 Å². The lowest BCUT2D eigenvalue weighted by Crippen LogP contribution is -2.45. The van der Waals surface area contributed by atoms with Crippen LogP contribution < -0.4 is 29.6 Å². The standard InChI is InChI=1S/C31H30N6O7/c1-41-24-9-21-10-25(11-24)43-16-29(38)32-13-20-6-7-23(12-27(20)42-2)44-28-15-36(14-26(28)35-30(21)39)31(40)19-4-3-5-22(8-19)37-17-33-34-18-37/h3-12,17-18,26,28H,13-16H2,1-2H3,(H,32,38)(H,35,39)/t26-,28-/m0/s1. The van der Waals surface area contributed by atoms with Crippen molar-refractivity contribution in [3.8, 4) is 28.7 Å². The summed E-state index contributed by atoms with van der Waals surface area (Å²) in [7, 11) is 3.01. The number of nitrogens with one attached hydrogen (secondary N) is 2. The van der Waals surface area contributed by atoms with Crippen LogP contribution in [0.4, 0.5) is 0 Å². The number of aromatic nitrogens is 3. The van der Waals surface area contributed by atoms with E-state index in [0.717, 1.165) is 11.3 Å². The highest BCUT2D eigenvalue weighted by Gasteiger charge is 2.38. The van der Waals surface area contributed by atoms with E-state index < -0.39 is 18.1 Å². The molecule has 3 aliphatic rings. The molecule has 2 atom stereocenters. The Morgan fingerprint density at radius 3 is 2.59 bits per heavy atom. The summed E-state index contributed by atoms with van der Waals surface area (Å²) in [5.74, 6) is 0.697. The summed E-state index contributed by atoms with van der Waals surface area (Å²) < 4.78 is 24.7. The second kappa shape index (κ2) is 12.3. The van der Waals surface area contributed by atoms with Gasteiger partial charge in [-0.15, -0.1) is 10.2 Å². The number of nitrogens with zero attached hydrogens (tertiary/aromatic N) is 4. The molecule has 0 unspecified atom stereocenters. The molecule has 226 valence electrons. The zero-order chi connectivity index (χ0) is 30.6. The largest absolute Gasteiger partial charge is 0.497 e. The number of hydrogen-bond donors (Lipinski definition) is 2. The minimum absolute atomic E-state index is 0.201. The number of carbonyl (C=O) groups excluding carboxylic acids is 3. The Balaban J connectivity index is 1.32. The highest BCUT2D eigenvalue weighted by Crippen LogP contribution is 2.29. The van der Waals surface area contributed by atoms with E-state index in [-0.39, 0.29) is 43.6 Å². The number of hydrogen-bond acceptors (Lipinski definition) is 9. The molecule has 2 N–H and O–H groups in total. The van der Waals surface area contributed by atoms with Crippen LogP contribution in [0.15, 0.2) is 73.3 Å². The number of benzene rings is 3. The van der Waals surface area contributed by atoms with Crippen molar-refractivity contribution in [2.24, 2.45) is 0 Å². The first-order valence-electron chi connectivity index (χ1n) is 13.9. The molecular weight excluding hydrogens is 568 g/mol. The van der Waals surface area contributed by atoms with Crippen molar-refractivity contribution >= 4 is 17.7 Å². The van der Waals surface area contributed by atoms with Crippen LogP contribution in [0, 0.1) is 0 Å². The number of carbonyl (C=O) groups is 3. The van der Waals surface area contributed by atoms with Gasteiger partial charge in [0.15, 0.2) is 6.61 Å². The molecule has 44 heavy (non-hydrogen) atoms. The lowest BCUT2D eigenvalue weighted by molar-refractivity contribution is -0.123. The molecule has 3 amide bonds. The molecule has 1 fully saturated rings. The van der Waals surface area contributed by atoms with Gasteiger partial charge in [0.05, 0.1) is 26.8 Å². The van der Waals surface area contributed by atoms with Crippen molar-refractivity contribution in [3.63, 3.8) is 0 Å². The predicted octanol–water partition coefficient (Wildman–Crippen LogP) is 2.00. The zero-order valence-electron chi connectivity index (χ0n) is 24.1. The summed E-state index contributed by atoms with van der Waals surface area (Å²) in [6.07, 6.45) is 2.52. The van der Waals surface area contributed by atoms with Crippen LogP contribution in [-0.4, -0.2) is 83.4 Å². The van der Waals surface area contributed by atoms with E-state index in [0.29, 0.717) is 28.6 Å². The molecule has 0 spiro atoms. The molecule has 4 heterocycles. The first-order valence-corrected chi connectivity index (χ1v) is 13.9. The third-order valence-electron chi connectivity index (χ3n) is 7.45. The molecule has 0 radical (unpaired) electrons. The Morgan fingerprint density at radius 2 is 1.80 bits per heavy atom. The normalized spacial score (nSPS) is 18.3. The Kier molecular flexibility index (Phi) is 8.00. The minimum atomic E-state index is -0.587. The fourth-order valence-electron chi connectivity index (χ4n) is 5.18. The van der Waals surface area contributed by atoms with Crippen LogP contribution >= 0.6 is 0 Å².